The molecule has 0 unspecified atom stereocenters. The van der Waals surface area contributed by atoms with E-state index in [1.165, 1.54) is 6.07 Å². The van der Waals surface area contributed by atoms with Crippen molar-refractivity contribution < 1.29 is 21.6 Å². The van der Waals surface area contributed by atoms with Gasteiger partial charge in [0.15, 0.2) is 0 Å². The highest BCUT2D eigenvalue weighted by atomic mass is 32.2. The number of benzene rings is 1. The summed E-state index contributed by atoms with van der Waals surface area (Å²) in [5, 5.41) is 5.28. The third kappa shape index (κ3) is 4.52. The van der Waals surface area contributed by atoms with E-state index in [9.17, 15) is 21.6 Å². The average Bonchev–Trinajstić information content (AvgIpc) is 3.20. The Hall–Kier alpha value is -1.52. The number of sulfonamides is 1. The summed E-state index contributed by atoms with van der Waals surface area (Å²) >= 11 is 0. The molecule has 0 saturated carbocycles. The molecule has 14 heteroatoms. The summed E-state index contributed by atoms with van der Waals surface area (Å²) in [7, 11) is -4.68. The summed E-state index contributed by atoms with van der Waals surface area (Å²) in [5.41, 5.74) is 15.2. The van der Waals surface area contributed by atoms with E-state index < -0.39 is 32.8 Å². The summed E-state index contributed by atoms with van der Waals surface area (Å²) in [6.07, 6.45) is -4.17. The van der Waals surface area contributed by atoms with Crippen LogP contribution in [0, 0.1) is 5.92 Å². The van der Waals surface area contributed by atoms with Gasteiger partial charge in [-0.2, -0.15) is 24.2 Å². The zero-order chi connectivity index (χ0) is 22.4. The second-order valence-electron chi connectivity index (χ2n) is 8.16. The molecule has 4 rings (SSSR count). The van der Waals surface area contributed by atoms with Crippen molar-refractivity contribution in [2.75, 3.05) is 37.6 Å². The topological polar surface area (TPSA) is 141 Å². The van der Waals surface area contributed by atoms with Crippen molar-refractivity contribution in [2.24, 2.45) is 16.8 Å². The molecule has 174 valence electrons. The molecule has 0 bridgehead atoms. The Bertz CT molecular complexity index is 909. The number of nitrogens with two attached hydrogens (primary N) is 2. The van der Waals surface area contributed by atoms with Gasteiger partial charge >= 0.3 is 6.18 Å². The van der Waals surface area contributed by atoms with Gasteiger partial charge < -0.3 is 10.6 Å². The summed E-state index contributed by atoms with van der Waals surface area (Å²) in [6, 6.07) is 2.51. The molecule has 31 heavy (non-hydrogen) atoms. The molecule has 10 nitrogen and oxygen atoms in total. The van der Waals surface area contributed by atoms with Crippen LogP contribution in [0.3, 0.4) is 0 Å². The number of nitrogens with zero attached hydrogens (tertiary/aromatic N) is 2. The van der Waals surface area contributed by atoms with E-state index in [0.29, 0.717) is 37.3 Å². The van der Waals surface area contributed by atoms with Gasteiger partial charge in [-0.3, -0.25) is 4.90 Å². The molecule has 1 aromatic rings. The molecule has 8 N–H and O–H groups in total. The maximum atomic E-state index is 13.6. The van der Waals surface area contributed by atoms with E-state index in [-0.39, 0.29) is 5.56 Å². The van der Waals surface area contributed by atoms with Crippen molar-refractivity contribution in [1.82, 2.24) is 26.8 Å². The first-order valence-corrected chi connectivity index (χ1v) is 11.6. The molecule has 1 aromatic carbocycles. The number of primary sulfonamides is 1. The number of likely N-dealkylation sites (tertiary alicyclic amines) is 1. The van der Waals surface area contributed by atoms with Crippen LogP contribution in [-0.2, 0) is 16.2 Å². The van der Waals surface area contributed by atoms with E-state index in [4.69, 9.17) is 10.9 Å². The summed E-state index contributed by atoms with van der Waals surface area (Å²) in [5.74, 6) is 0.524. The normalized spacial score (nSPS) is 22.8. The fourth-order valence-electron chi connectivity index (χ4n) is 4.60. The summed E-state index contributed by atoms with van der Waals surface area (Å²) in [4.78, 5) is 3.37. The van der Waals surface area contributed by atoms with Gasteiger partial charge in [0.2, 0.25) is 10.0 Å². The Kier molecular flexibility index (Phi) is 6.17. The number of halogens is 3. The molecule has 0 amide bonds. The van der Waals surface area contributed by atoms with E-state index in [1.807, 2.05) is 4.90 Å². The highest BCUT2D eigenvalue weighted by Crippen LogP contribution is 2.42. The van der Waals surface area contributed by atoms with Crippen molar-refractivity contribution in [3.8, 4) is 0 Å². The lowest BCUT2D eigenvalue weighted by Crippen LogP contribution is -2.57. The minimum Gasteiger partial charge on any atom is -0.371 e. The number of hydrogen-bond acceptors (Lipinski definition) is 9. The minimum atomic E-state index is -4.88. The highest BCUT2D eigenvalue weighted by molar-refractivity contribution is 7.89. The number of alkyl halides is 3. The predicted molar refractivity (Wildman–Crippen MR) is 107 cm³/mol. The largest absolute Gasteiger partial charge is 0.417 e. The zero-order valence-electron chi connectivity index (χ0n) is 16.7. The number of anilines is 1. The third-order valence-electron chi connectivity index (χ3n) is 6.19. The predicted octanol–water partition coefficient (Wildman–Crippen LogP) is -0.672. The quantitative estimate of drug-likeness (QED) is 0.335. The summed E-state index contributed by atoms with van der Waals surface area (Å²) in [6.45, 7) is 3.78. The zero-order valence-corrected chi connectivity index (χ0v) is 17.6. The Labute approximate surface area is 178 Å². The molecule has 3 aliphatic rings. The number of hydrogen-bond donors (Lipinski definition) is 6. The van der Waals surface area contributed by atoms with Crippen LogP contribution >= 0.6 is 0 Å². The van der Waals surface area contributed by atoms with Crippen molar-refractivity contribution in [3.63, 3.8) is 0 Å². The molecule has 0 atom stereocenters. The lowest BCUT2D eigenvalue weighted by molar-refractivity contribution is -0.140. The Morgan fingerprint density at radius 1 is 1.10 bits per heavy atom. The smallest absolute Gasteiger partial charge is 0.371 e. The van der Waals surface area contributed by atoms with E-state index in [2.05, 4.69) is 26.8 Å². The molecule has 3 saturated heterocycles. The second-order valence-corrected chi connectivity index (χ2v) is 9.66. The second kappa shape index (κ2) is 8.44. The van der Waals surface area contributed by atoms with Crippen LogP contribution in [0.25, 0.3) is 0 Å². The third-order valence-corrected chi connectivity index (χ3v) is 7.20. The monoisotopic (exact) mass is 464 g/mol. The Balaban J connectivity index is 1.66. The Morgan fingerprint density at radius 2 is 1.71 bits per heavy atom. The molecule has 0 aliphatic carbocycles. The average molecular weight is 465 g/mol. The van der Waals surface area contributed by atoms with Crippen LogP contribution in [0.2, 0.25) is 0 Å². The number of rotatable bonds is 5. The van der Waals surface area contributed by atoms with Crippen LogP contribution in [0.1, 0.15) is 30.1 Å². The van der Waals surface area contributed by atoms with E-state index in [0.717, 1.165) is 32.0 Å². The maximum absolute atomic E-state index is 13.6. The van der Waals surface area contributed by atoms with Crippen LogP contribution < -0.4 is 37.7 Å². The first-order valence-electron chi connectivity index (χ1n) is 10.1. The highest BCUT2D eigenvalue weighted by Gasteiger charge is 2.42. The number of hydrazine groups is 3. The lowest BCUT2D eigenvalue weighted by atomic mass is 9.92. The molecular weight excluding hydrogens is 437 g/mol. The number of piperidine rings is 1. The van der Waals surface area contributed by atoms with Crippen molar-refractivity contribution >= 4 is 15.7 Å². The van der Waals surface area contributed by atoms with Crippen molar-refractivity contribution in [2.45, 2.75) is 36.1 Å². The molecule has 3 fully saturated rings. The Morgan fingerprint density at radius 3 is 2.23 bits per heavy atom. The molecule has 0 radical (unpaired) electrons. The maximum Gasteiger partial charge on any atom is 0.417 e. The summed E-state index contributed by atoms with van der Waals surface area (Å²) < 4.78 is 65.5. The van der Waals surface area contributed by atoms with E-state index >= 15 is 0 Å². The first kappa shape index (κ1) is 22.7. The molecular formula is C17H27F3N8O2S. The van der Waals surface area contributed by atoms with Gasteiger partial charge in [-0.1, -0.05) is 0 Å². The van der Waals surface area contributed by atoms with Gasteiger partial charge in [-0.05, 0) is 37.4 Å². The molecule has 0 aromatic heterocycles. The van der Waals surface area contributed by atoms with Crippen LogP contribution in [0.4, 0.5) is 18.9 Å². The lowest BCUT2D eigenvalue weighted by Gasteiger charge is -2.47. The molecule has 3 heterocycles. The van der Waals surface area contributed by atoms with Gasteiger partial charge in [0.05, 0.1) is 5.56 Å². The number of nitrogens with one attached hydrogen (secondary N) is 4. The first-order chi connectivity index (χ1) is 14.6. The van der Waals surface area contributed by atoms with Gasteiger partial charge in [0, 0.05) is 43.5 Å². The van der Waals surface area contributed by atoms with Gasteiger partial charge in [-0.15, -0.1) is 0 Å². The fourth-order valence-corrected chi connectivity index (χ4v) is 5.62. The van der Waals surface area contributed by atoms with Gasteiger partial charge in [-0.25, -0.2) is 24.4 Å². The molecule has 0 spiro atoms. The SMILES string of the molecule is NCC1CN(C2CCN(c3ccc(C(F)(F)F)c(S(N)(=O)=O)c3C3NNNN3)CC2)C1. The van der Waals surface area contributed by atoms with Crippen LogP contribution in [-0.4, -0.2) is 52.1 Å². The van der Waals surface area contributed by atoms with Crippen molar-refractivity contribution in [3.05, 3.63) is 23.3 Å². The molecule has 3 aliphatic heterocycles. The van der Waals surface area contributed by atoms with Crippen LogP contribution in [0.5, 0.6) is 0 Å². The minimum absolute atomic E-state index is 0.0691. The fraction of sp³-hybridized carbons (Fsp3) is 0.647. The van der Waals surface area contributed by atoms with Gasteiger partial charge in [0.25, 0.3) is 0 Å². The standard InChI is InChI=1S/C17H27F3N8O2S/c18-17(19,20)12-1-2-13(14(15(12)31(22,29)30)16-23-25-26-24-16)27-5-3-11(4-6-27)28-8-10(7-21)9-28/h1-2,10-11,16,23-26H,3-9,21H2,(H2,22,29,30). The van der Waals surface area contributed by atoms with E-state index in [1.54, 1.807) is 0 Å². The van der Waals surface area contributed by atoms with Crippen LogP contribution in [0.15, 0.2) is 17.0 Å². The van der Waals surface area contributed by atoms with Crippen molar-refractivity contribution in [1.29, 1.82) is 0 Å². The van der Waals surface area contributed by atoms with Gasteiger partial charge in [0.1, 0.15) is 11.1 Å².